The molecular formula is C12H15N5O2. The molecule has 3 rings (SSSR count). The van der Waals surface area contributed by atoms with Crippen molar-refractivity contribution in [2.75, 3.05) is 38.1 Å². The van der Waals surface area contributed by atoms with Crippen LogP contribution in [0.3, 0.4) is 0 Å². The molecule has 0 bridgehead atoms. The summed E-state index contributed by atoms with van der Waals surface area (Å²) in [4.78, 5) is 19.3. The van der Waals surface area contributed by atoms with Gasteiger partial charge in [-0.15, -0.1) is 5.10 Å². The van der Waals surface area contributed by atoms with Crippen LogP contribution < -0.4 is 4.90 Å². The Hall–Kier alpha value is -2.15. The number of rotatable bonds is 2. The van der Waals surface area contributed by atoms with Crippen molar-refractivity contribution in [2.24, 2.45) is 0 Å². The molecule has 100 valence electrons. The molecule has 19 heavy (non-hydrogen) atoms. The van der Waals surface area contributed by atoms with E-state index in [4.69, 9.17) is 5.11 Å². The molecule has 1 N–H and O–H groups in total. The molecule has 1 aliphatic rings. The average molecular weight is 261 g/mol. The molecule has 0 atom stereocenters. The number of hydrogen-bond donors (Lipinski definition) is 1. The van der Waals surface area contributed by atoms with Crippen LogP contribution in [0.5, 0.6) is 0 Å². The van der Waals surface area contributed by atoms with Crippen LogP contribution in [0.4, 0.5) is 5.82 Å². The molecule has 1 fully saturated rings. The summed E-state index contributed by atoms with van der Waals surface area (Å²) >= 11 is 0. The van der Waals surface area contributed by atoms with Gasteiger partial charge in [-0.3, -0.25) is 0 Å². The van der Waals surface area contributed by atoms with Gasteiger partial charge in [0.1, 0.15) is 5.82 Å². The second-order valence-corrected chi connectivity index (χ2v) is 4.72. The summed E-state index contributed by atoms with van der Waals surface area (Å²) in [6.45, 7) is 3.86. The maximum atomic E-state index is 10.9. The molecule has 2 aromatic rings. The number of fused-ring (bicyclic) bond motifs is 1. The van der Waals surface area contributed by atoms with Gasteiger partial charge >= 0.3 is 5.97 Å². The Balaban J connectivity index is 1.90. The van der Waals surface area contributed by atoms with Gasteiger partial charge in [-0.25, -0.2) is 14.3 Å². The van der Waals surface area contributed by atoms with E-state index < -0.39 is 5.97 Å². The number of nitrogens with zero attached hydrogens (tertiary/aromatic N) is 5. The molecule has 7 heteroatoms. The van der Waals surface area contributed by atoms with Crippen molar-refractivity contribution in [3.05, 3.63) is 24.0 Å². The van der Waals surface area contributed by atoms with E-state index in [-0.39, 0.29) is 5.69 Å². The molecule has 0 radical (unpaired) electrons. The van der Waals surface area contributed by atoms with Crippen molar-refractivity contribution in [3.63, 3.8) is 0 Å². The summed E-state index contributed by atoms with van der Waals surface area (Å²) in [7, 11) is 2.10. The van der Waals surface area contributed by atoms with Gasteiger partial charge in [0.15, 0.2) is 11.3 Å². The molecule has 0 unspecified atom stereocenters. The van der Waals surface area contributed by atoms with E-state index in [2.05, 4.69) is 26.9 Å². The van der Waals surface area contributed by atoms with Crippen molar-refractivity contribution >= 4 is 17.4 Å². The van der Waals surface area contributed by atoms with Gasteiger partial charge in [0.05, 0.1) is 6.20 Å². The van der Waals surface area contributed by atoms with Crippen LogP contribution in [0.1, 0.15) is 10.5 Å². The molecule has 7 nitrogen and oxygen atoms in total. The Morgan fingerprint density at radius 3 is 2.68 bits per heavy atom. The van der Waals surface area contributed by atoms with Crippen molar-refractivity contribution in [1.82, 2.24) is 19.5 Å². The lowest BCUT2D eigenvalue weighted by Crippen LogP contribution is -2.44. The minimum absolute atomic E-state index is 0.0167. The Bertz CT molecular complexity index is 616. The molecule has 1 aliphatic heterocycles. The summed E-state index contributed by atoms with van der Waals surface area (Å²) in [6, 6.07) is 3.69. The van der Waals surface area contributed by atoms with Gasteiger partial charge in [0.2, 0.25) is 0 Å². The Morgan fingerprint density at radius 1 is 1.26 bits per heavy atom. The fourth-order valence-corrected chi connectivity index (χ4v) is 2.18. The SMILES string of the molecule is CN1CCN(c2ccc3nc(C(=O)O)cn3n2)CC1. The van der Waals surface area contributed by atoms with Gasteiger partial charge in [-0.1, -0.05) is 0 Å². The number of anilines is 1. The van der Waals surface area contributed by atoms with Crippen LogP contribution in [-0.2, 0) is 0 Å². The summed E-state index contributed by atoms with van der Waals surface area (Å²) in [5.41, 5.74) is 0.568. The van der Waals surface area contributed by atoms with E-state index in [1.807, 2.05) is 6.07 Å². The number of aromatic carboxylic acids is 1. The molecule has 0 aliphatic carbocycles. The fourth-order valence-electron chi connectivity index (χ4n) is 2.18. The van der Waals surface area contributed by atoms with E-state index in [9.17, 15) is 4.79 Å². The molecule has 0 saturated carbocycles. The highest BCUT2D eigenvalue weighted by Gasteiger charge is 2.16. The highest BCUT2D eigenvalue weighted by atomic mass is 16.4. The van der Waals surface area contributed by atoms with E-state index >= 15 is 0 Å². The normalized spacial score (nSPS) is 17.0. The van der Waals surface area contributed by atoms with E-state index in [1.54, 1.807) is 6.07 Å². The first-order valence-corrected chi connectivity index (χ1v) is 6.17. The smallest absolute Gasteiger partial charge is 0.356 e. The van der Waals surface area contributed by atoms with Gasteiger partial charge in [0, 0.05) is 26.2 Å². The van der Waals surface area contributed by atoms with E-state index in [1.165, 1.54) is 10.7 Å². The number of carboxylic acids is 1. The summed E-state index contributed by atoms with van der Waals surface area (Å²) in [5.74, 6) is -0.179. The molecule has 0 amide bonds. The summed E-state index contributed by atoms with van der Waals surface area (Å²) in [5, 5.41) is 13.3. The van der Waals surface area contributed by atoms with Gasteiger partial charge in [-0.05, 0) is 19.2 Å². The maximum Gasteiger partial charge on any atom is 0.356 e. The van der Waals surface area contributed by atoms with E-state index in [0.29, 0.717) is 5.65 Å². The second kappa shape index (κ2) is 4.51. The van der Waals surface area contributed by atoms with Crippen molar-refractivity contribution < 1.29 is 9.90 Å². The zero-order valence-electron chi connectivity index (χ0n) is 10.7. The largest absolute Gasteiger partial charge is 0.476 e. The predicted molar refractivity (Wildman–Crippen MR) is 69.7 cm³/mol. The molecule has 1 saturated heterocycles. The third kappa shape index (κ3) is 2.24. The summed E-state index contributed by atoms with van der Waals surface area (Å²) < 4.78 is 1.52. The standard InChI is InChI=1S/C12H15N5O2/c1-15-4-6-16(7-5-15)11-3-2-10-13-9(12(18)19)8-17(10)14-11/h2-3,8H,4-7H2,1H3,(H,18,19). The average Bonchev–Trinajstić information content (AvgIpc) is 2.82. The topological polar surface area (TPSA) is 74.0 Å². The van der Waals surface area contributed by atoms with Crippen LogP contribution in [0, 0.1) is 0 Å². The first-order valence-electron chi connectivity index (χ1n) is 6.17. The molecule has 0 aromatic carbocycles. The minimum atomic E-state index is -1.04. The van der Waals surface area contributed by atoms with Crippen LogP contribution in [0.15, 0.2) is 18.3 Å². The van der Waals surface area contributed by atoms with Crippen molar-refractivity contribution in [2.45, 2.75) is 0 Å². The Morgan fingerprint density at radius 2 is 2.00 bits per heavy atom. The second-order valence-electron chi connectivity index (χ2n) is 4.72. The number of imidazole rings is 1. The zero-order chi connectivity index (χ0) is 13.4. The lowest BCUT2D eigenvalue weighted by molar-refractivity contribution is 0.0691. The first kappa shape index (κ1) is 11.9. The monoisotopic (exact) mass is 261 g/mol. The molecular weight excluding hydrogens is 246 g/mol. The number of carbonyl (C=O) groups is 1. The quantitative estimate of drug-likeness (QED) is 0.831. The lowest BCUT2D eigenvalue weighted by Gasteiger charge is -2.32. The van der Waals surface area contributed by atoms with Crippen molar-refractivity contribution in [3.8, 4) is 0 Å². The number of aromatic nitrogens is 3. The third-order valence-electron chi connectivity index (χ3n) is 3.35. The maximum absolute atomic E-state index is 10.9. The number of likely N-dealkylation sites (N-methyl/N-ethyl adjacent to an activating group) is 1. The number of hydrogen-bond acceptors (Lipinski definition) is 5. The van der Waals surface area contributed by atoms with Crippen LogP contribution in [0.2, 0.25) is 0 Å². The number of piperazine rings is 1. The van der Waals surface area contributed by atoms with Gasteiger partial charge in [-0.2, -0.15) is 0 Å². The Kier molecular flexibility index (Phi) is 2.83. The Labute approximate surface area is 110 Å². The first-order chi connectivity index (χ1) is 9.13. The lowest BCUT2D eigenvalue weighted by atomic mass is 10.3. The van der Waals surface area contributed by atoms with Crippen molar-refractivity contribution in [1.29, 1.82) is 0 Å². The van der Waals surface area contributed by atoms with Crippen LogP contribution in [0.25, 0.3) is 5.65 Å². The molecule has 3 heterocycles. The van der Waals surface area contributed by atoms with Crippen LogP contribution in [-0.4, -0.2) is 63.8 Å². The van der Waals surface area contributed by atoms with Gasteiger partial charge in [0.25, 0.3) is 0 Å². The molecule has 0 spiro atoms. The zero-order valence-corrected chi connectivity index (χ0v) is 10.7. The highest BCUT2D eigenvalue weighted by Crippen LogP contribution is 2.14. The molecule has 2 aromatic heterocycles. The van der Waals surface area contributed by atoms with Crippen LogP contribution >= 0.6 is 0 Å². The summed E-state index contributed by atoms with van der Waals surface area (Å²) in [6.07, 6.45) is 1.44. The minimum Gasteiger partial charge on any atom is -0.476 e. The number of carboxylic acid groups (broad SMARTS) is 1. The third-order valence-corrected chi connectivity index (χ3v) is 3.35. The predicted octanol–water partition coefficient (Wildman–Crippen LogP) is 0.179. The van der Waals surface area contributed by atoms with E-state index in [0.717, 1.165) is 32.0 Å². The fraction of sp³-hybridized carbons (Fsp3) is 0.417. The van der Waals surface area contributed by atoms with Gasteiger partial charge < -0.3 is 14.9 Å². The highest BCUT2D eigenvalue weighted by molar-refractivity contribution is 5.86.